The van der Waals surface area contributed by atoms with E-state index in [4.69, 9.17) is 0 Å². The largest absolute Gasteiger partial charge is 0.355 e. The minimum absolute atomic E-state index is 0.0460. The number of carbonyl (C=O) groups excluding carboxylic acids is 2. The van der Waals surface area contributed by atoms with Crippen molar-refractivity contribution in [2.45, 2.75) is 44.6 Å². The Morgan fingerprint density at radius 1 is 1.08 bits per heavy atom. The molecule has 5 heteroatoms. The molecule has 0 aromatic heterocycles. The van der Waals surface area contributed by atoms with Gasteiger partial charge in [-0.1, -0.05) is 24.6 Å². The summed E-state index contributed by atoms with van der Waals surface area (Å²) in [6.07, 6.45) is 6.66. The fraction of sp³-hybridized carbons (Fsp3) is 0.619. The minimum Gasteiger partial charge on any atom is -0.355 e. The number of hydrogen-bond donors (Lipinski definition) is 1. The van der Waals surface area contributed by atoms with Gasteiger partial charge in [0.25, 0.3) is 0 Å². The molecule has 0 saturated carbocycles. The Hall–Kier alpha value is -1.88. The first-order valence-electron chi connectivity index (χ1n) is 10.1. The molecule has 3 aliphatic heterocycles. The number of piperidine rings is 2. The first-order valence-corrected chi connectivity index (χ1v) is 10.1. The van der Waals surface area contributed by atoms with Crippen LogP contribution >= 0.6 is 0 Å². The normalized spacial score (nSPS) is 29.5. The number of nitrogens with one attached hydrogen (secondary N) is 1. The van der Waals surface area contributed by atoms with Crippen molar-refractivity contribution in [1.29, 1.82) is 0 Å². The molecule has 3 fully saturated rings. The summed E-state index contributed by atoms with van der Waals surface area (Å²) in [5.41, 5.74) is 0.887. The van der Waals surface area contributed by atoms with Crippen LogP contribution in [0.1, 0.15) is 38.5 Å². The van der Waals surface area contributed by atoms with Gasteiger partial charge in [0.15, 0.2) is 0 Å². The standard InChI is InChI=1S/C21H29N3O2/c25-20-13-17(15-24(20)18-8-2-1-3-9-18)21(26)22-14-16-7-6-12-23-11-5-4-10-19(16)23/h1-3,8-9,16-17,19H,4-7,10-15H2,(H,22,26). The smallest absolute Gasteiger partial charge is 0.227 e. The quantitative estimate of drug-likeness (QED) is 0.902. The van der Waals surface area contributed by atoms with E-state index in [1.165, 1.54) is 45.2 Å². The van der Waals surface area contributed by atoms with Crippen LogP contribution in [0.2, 0.25) is 0 Å². The molecule has 1 aromatic rings. The van der Waals surface area contributed by atoms with Gasteiger partial charge in [0.05, 0.1) is 5.92 Å². The van der Waals surface area contributed by atoms with E-state index in [1.54, 1.807) is 4.90 Å². The number of nitrogens with zero attached hydrogens (tertiary/aromatic N) is 2. The van der Waals surface area contributed by atoms with Gasteiger partial charge in [-0.25, -0.2) is 0 Å². The Bertz CT molecular complexity index is 646. The number of anilines is 1. The molecular formula is C21H29N3O2. The summed E-state index contributed by atoms with van der Waals surface area (Å²) in [7, 11) is 0. The lowest BCUT2D eigenvalue weighted by Crippen LogP contribution is -2.51. The molecule has 0 spiro atoms. The van der Waals surface area contributed by atoms with E-state index in [0.29, 0.717) is 24.9 Å². The number of hydrogen-bond acceptors (Lipinski definition) is 3. The Morgan fingerprint density at radius 2 is 1.88 bits per heavy atom. The maximum absolute atomic E-state index is 12.7. The average molecular weight is 355 g/mol. The summed E-state index contributed by atoms with van der Waals surface area (Å²) in [6, 6.07) is 10.3. The lowest BCUT2D eigenvalue weighted by atomic mass is 9.83. The highest BCUT2D eigenvalue weighted by atomic mass is 16.2. The second-order valence-corrected chi connectivity index (χ2v) is 7.99. The van der Waals surface area contributed by atoms with Crippen LogP contribution in [0.5, 0.6) is 0 Å². The van der Waals surface area contributed by atoms with Crippen LogP contribution in [0.25, 0.3) is 0 Å². The lowest BCUT2D eigenvalue weighted by Gasteiger charge is -2.44. The Labute approximate surface area is 155 Å². The highest BCUT2D eigenvalue weighted by molar-refractivity contribution is 6.00. The van der Waals surface area contributed by atoms with Crippen molar-refractivity contribution in [3.05, 3.63) is 30.3 Å². The highest BCUT2D eigenvalue weighted by Crippen LogP contribution is 2.31. The third kappa shape index (κ3) is 3.63. The molecule has 1 N–H and O–H groups in total. The van der Waals surface area contributed by atoms with Crippen LogP contribution in [0, 0.1) is 11.8 Å². The van der Waals surface area contributed by atoms with Gasteiger partial charge < -0.3 is 15.1 Å². The molecule has 0 aliphatic carbocycles. The molecule has 0 bridgehead atoms. The molecule has 3 atom stereocenters. The monoisotopic (exact) mass is 355 g/mol. The fourth-order valence-corrected chi connectivity index (χ4v) is 4.93. The number of fused-ring (bicyclic) bond motifs is 1. The van der Waals surface area contributed by atoms with E-state index in [0.717, 1.165) is 12.2 Å². The molecule has 3 saturated heterocycles. The number of para-hydroxylation sites is 1. The third-order valence-corrected chi connectivity index (χ3v) is 6.33. The van der Waals surface area contributed by atoms with Crippen molar-refractivity contribution < 1.29 is 9.59 Å². The van der Waals surface area contributed by atoms with Crippen molar-refractivity contribution in [2.24, 2.45) is 11.8 Å². The van der Waals surface area contributed by atoms with Gasteiger partial charge in [-0.2, -0.15) is 0 Å². The van der Waals surface area contributed by atoms with Gasteiger partial charge in [0, 0.05) is 31.2 Å². The fourth-order valence-electron chi connectivity index (χ4n) is 4.93. The highest BCUT2D eigenvalue weighted by Gasteiger charge is 2.37. The van der Waals surface area contributed by atoms with Crippen molar-refractivity contribution >= 4 is 17.5 Å². The predicted molar refractivity (Wildman–Crippen MR) is 102 cm³/mol. The molecule has 140 valence electrons. The van der Waals surface area contributed by atoms with Crippen molar-refractivity contribution in [3.63, 3.8) is 0 Å². The summed E-state index contributed by atoms with van der Waals surface area (Å²) in [5.74, 6) is 0.432. The summed E-state index contributed by atoms with van der Waals surface area (Å²) >= 11 is 0. The molecule has 4 rings (SSSR count). The van der Waals surface area contributed by atoms with Crippen molar-refractivity contribution in [3.8, 4) is 0 Å². The topological polar surface area (TPSA) is 52.7 Å². The minimum atomic E-state index is -0.228. The van der Waals surface area contributed by atoms with Crippen LogP contribution in [-0.4, -0.2) is 48.9 Å². The maximum atomic E-state index is 12.7. The molecule has 2 amide bonds. The molecule has 26 heavy (non-hydrogen) atoms. The van der Waals surface area contributed by atoms with E-state index in [-0.39, 0.29) is 17.7 Å². The Balaban J connectivity index is 1.32. The lowest BCUT2D eigenvalue weighted by molar-refractivity contribution is -0.126. The second-order valence-electron chi connectivity index (χ2n) is 7.99. The number of benzene rings is 1. The molecular weight excluding hydrogens is 326 g/mol. The zero-order valence-corrected chi connectivity index (χ0v) is 15.4. The molecule has 5 nitrogen and oxygen atoms in total. The van der Waals surface area contributed by atoms with Gasteiger partial charge >= 0.3 is 0 Å². The van der Waals surface area contributed by atoms with Gasteiger partial charge in [0.1, 0.15) is 0 Å². The first kappa shape index (κ1) is 17.5. The van der Waals surface area contributed by atoms with E-state index in [2.05, 4.69) is 10.2 Å². The summed E-state index contributed by atoms with van der Waals surface area (Å²) in [5, 5.41) is 3.18. The van der Waals surface area contributed by atoms with Gasteiger partial charge in [-0.15, -0.1) is 0 Å². The van der Waals surface area contributed by atoms with E-state index in [1.807, 2.05) is 30.3 Å². The summed E-state index contributed by atoms with van der Waals surface area (Å²) in [6.45, 7) is 3.70. The molecule has 3 heterocycles. The first-order chi connectivity index (χ1) is 12.7. The molecule has 3 unspecified atom stereocenters. The number of carbonyl (C=O) groups is 2. The van der Waals surface area contributed by atoms with E-state index in [9.17, 15) is 9.59 Å². The summed E-state index contributed by atoms with van der Waals surface area (Å²) in [4.78, 5) is 29.4. The SMILES string of the molecule is O=C(NCC1CCCN2CCCCC12)C1CC(=O)N(c2ccccc2)C1. The van der Waals surface area contributed by atoms with Crippen LogP contribution in [-0.2, 0) is 9.59 Å². The zero-order valence-electron chi connectivity index (χ0n) is 15.4. The average Bonchev–Trinajstić information content (AvgIpc) is 3.08. The van der Waals surface area contributed by atoms with Crippen LogP contribution in [0.15, 0.2) is 30.3 Å². The zero-order chi connectivity index (χ0) is 17.9. The van der Waals surface area contributed by atoms with Crippen LogP contribution in [0.4, 0.5) is 5.69 Å². The van der Waals surface area contributed by atoms with Crippen LogP contribution < -0.4 is 10.2 Å². The van der Waals surface area contributed by atoms with Crippen LogP contribution in [0.3, 0.4) is 0 Å². The number of amides is 2. The maximum Gasteiger partial charge on any atom is 0.227 e. The molecule has 3 aliphatic rings. The van der Waals surface area contributed by atoms with Gasteiger partial charge in [-0.3, -0.25) is 9.59 Å². The predicted octanol–water partition coefficient (Wildman–Crippen LogP) is 2.42. The Kier molecular flexibility index (Phi) is 5.25. The van der Waals surface area contributed by atoms with Gasteiger partial charge in [0.2, 0.25) is 11.8 Å². The molecule has 1 aromatic carbocycles. The van der Waals surface area contributed by atoms with Crippen molar-refractivity contribution in [1.82, 2.24) is 10.2 Å². The molecule has 0 radical (unpaired) electrons. The Morgan fingerprint density at radius 3 is 2.73 bits per heavy atom. The van der Waals surface area contributed by atoms with E-state index < -0.39 is 0 Å². The number of rotatable bonds is 4. The summed E-state index contributed by atoms with van der Waals surface area (Å²) < 4.78 is 0. The van der Waals surface area contributed by atoms with Crippen molar-refractivity contribution in [2.75, 3.05) is 31.1 Å². The van der Waals surface area contributed by atoms with Gasteiger partial charge in [-0.05, 0) is 56.8 Å². The second kappa shape index (κ2) is 7.78. The third-order valence-electron chi connectivity index (χ3n) is 6.33. The van der Waals surface area contributed by atoms with E-state index >= 15 is 0 Å².